The van der Waals surface area contributed by atoms with Gasteiger partial charge in [0.05, 0.1) is 11.1 Å². The maximum absolute atomic E-state index is 12.9. The van der Waals surface area contributed by atoms with Gasteiger partial charge in [0.2, 0.25) is 15.9 Å². The molecule has 2 aromatic rings. The second kappa shape index (κ2) is 8.83. The number of carbonyl (C=O) groups is 1. The summed E-state index contributed by atoms with van der Waals surface area (Å²) in [4.78, 5) is 14.8. The number of sulfonamides is 1. The SMILES string of the molecule is Cc1ccc(C)c(NC(=O)C(C)N2CCN(S(=O)(=O)c3ccccc3Cl)CC2)c1. The van der Waals surface area contributed by atoms with E-state index in [-0.39, 0.29) is 21.9 Å². The minimum atomic E-state index is -3.65. The zero-order chi connectivity index (χ0) is 21.2. The fourth-order valence-corrected chi connectivity index (χ4v) is 5.31. The third kappa shape index (κ3) is 4.80. The van der Waals surface area contributed by atoms with E-state index in [1.54, 1.807) is 18.2 Å². The van der Waals surface area contributed by atoms with Crippen molar-refractivity contribution in [3.05, 3.63) is 58.6 Å². The lowest BCUT2D eigenvalue weighted by Gasteiger charge is -2.36. The lowest BCUT2D eigenvalue weighted by atomic mass is 10.1. The number of piperazine rings is 1. The van der Waals surface area contributed by atoms with Gasteiger partial charge in [0.15, 0.2) is 0 Å². The first-order valence-electron chi connectivity index (χ1n) is 9.57. The standard InChI is InChI=1S/C21H26ClN3O3S/c1-15-8-9-16(2)19(14-15)23-21(26)17(3)24-10-12-25(13-11-24)29(27,28)20-7-5-4-6-18(20)22/h4-9,14,17H,10-13H2,1-3H3,(H,23,26). The Balaban J connectivity index is 1.63. The molecule has 1 N–H and O–H groups in total. The molecule has 1 unspecified atom stereocenters. The zero-order valence-corrected chi connectivity index (χ0v) is 18.4. The third-order valence-electron chi connectivity index (χ3n) is 5.31. The number of rotatable bonds is 5. The van der Waals surface area contributed by atoms with Crippen molar-refractivity contribution >= 4 is 33.2 Å². The molecule has 1 atom stereocenters. The van der Waals surface area contributed by atoms with Crippen molar-refractivity contribution < 1.29 is 13.2 Å². The highest BCUT2D eigenvalue weighted by Crippen LogP contribution is 2.25. The van der Waals surface area contributed by atoms with Crippen LogP contribution in [0, 0.1) is 13.8 Å². The number of aryl methyl sites for hydroxylation is 2. The number of halogens is 1. The zero-order valence-electron chi connectivity index (χ0n) is 16.9. The van der Waals surface area contributed by atoms with Crippen molar-refractivity contribution in [3.8, 4) is 0 Å². The van der Waals surface area contributed by atoms with E-state index < -0.39 is 10.0 Å². The molecular formula is C21H26ClN3O3S. The Morgan fingerprint density at radius 1 is 1.07 bits per heavy atom. The van der Waals surface area contributed by atoms with Crippen molar-refractivity contribution in [1.29, 1.82) is 0 Å². The molecule has 0 saturated carbocycles. The van der Waals surface area contributed by atoms with Crippen LogP contribution in [-0.2, 0) is 14.8 Å². The number of amides is 1. The Bertz CT molecular complexity index is 1000. The van der Waals surface area contributed by atoms with Crippen LogP contribution in [0.1, 0.15) is 18.1 Å². The van der Waals surface area contributed by atoms with Crippen molar-refractivity contribution in [2.75, 3.05) is 31.5 Å². The summed E-state index contributed by atoms with van der Waals surface area (Å²) in [5, 5.41) is 3.21. The first kappa shape index (κ1) is 21.8. The fourth-order valence-electron chi connectivity index (χ4n) is 3.40. The predicted molar refractivity (Wildman–Crippen MR) is 116 cm³/mol. The molecule has 1 aliphatic heterocycles. The average Bonchev–Trinajstić information content (AvgIpc) is 2.70. The fraction of sp³-hybridized carbons (Fsp3) is 0.381. The maximum atomic E-state index is 12.9. The largest absolute Gasteiger partial charge is 0.324 e. The molecule has 156 valence electrons. The molecule has 0 bridgehead atoms. The van der Waals surface area contributed by atoms with Gasteiger partial charge in [0.1, 0.15) is 4.90 Å². The maximum Gasteiger partial charge on any atom is 0.244 e. The molecule has 1 saturated heterocycles. The number of nitrogens with one attached hydrogen (secondary N) is 1. The van der Waals surface area contributed by atoms with Crippen LogP contribution in [0.5, 0.6) is 0 Å². The van der Waals surface area contributed by atoms with Crippen molar-refractivity contribution in [1.82, 2.24) is 9.21 Å². The van der Waals surface area contributed by atoms with E-state index in [2.05, 4.69) is 5.32 Å². The molecule has 2 aromatic carbocycles. The highest BCUT2D eigenvalue weighted by Gasteiger charge is 2.32. The molecule has 29 heavy (non-hydrogen) atoms. The van der Waals surface area contributed by atoms with Gasteiger partial charge in [-0.25, -0.2) is 8.42 Å². The molecule has 1 fully saturated rings. The minimum Gasteiger partial charge on any atom is -0.324 e. The van der Waals surface area contributed by atoms with Gasteiger partial charge < -0.3 is 5.32 Å². The average molecular weight is 436 g/mol. The normalized spacial score (nSPS) is 17.1. The van der Waals surface area contributed by atoms with E-state index >= 15 is 0 Å². The van der Waals surface area contributed by atoms with Gasteiger partial charge in [-0.1, -0.05) is 35.9 Å². The van der Waals surface area contributed by atoms with Gasteiger partial charge in [0.25, 0.3) is 0 Å². The van der Waals surface area contributed by atoms with E-state index in [0.29, 0.717) is 26.2 Å². The number of carbonyl (C=O) groups excluding carboxylic acids is 1. The van der Waals surface area contributed by atoms with Crippen molar-refractivity contribution in [2.45, 2.75) is 31.7 Å². The molecule has 1 heterocycles. The molecule has 3 rings (SSSR count). The third-order valence-corrected chi connectivity index (χ3v) is 7.70. The Hall–Kier alpha value is -1.93. The van der Waals surface area contributed by atoms with Crippen molar-refractivity contribution in [3.63, 3.8) is 0 Å². The van der Waals surface area contributed by atoms with Gasteiger partial charge >= 0.3 is 0 Å². The van der Waals surface area contributed by atoms with E-state index in [4.69, 9.17) is 11.6 Å². The van der Waals surface area contributed by atoms with Crippen LogP contribution in [0.4, 0.5) is 5.69 Å². The summed E-state index contributed by atoms with van der Waals surface area (Å²) in [6, 6.07) is 12.0. The molecule has 0 radical (unpaired) electrons. The van der Waals surface area contributed by atoms with Crippen LogP contribution in [0.3, 0.4) is 0 Å². The Labute approximate surface area is 177 Å². The summed E-state index contributed by atoms with van der Waals surface area (Å²) in [5.74, 6) is -0.0962. The number of hydrogen-bond donors (Lipinski definition) is 1. The second-order valence-corrected chi connectivity index (χ2v) is 9.67. The summed E-state index contributed by atoms with van der Waals surface area (Å²) < 4.78 is 27.2. The molecule has 1 amide bonds. The highest BCUT2D eigenvalue weighted by atomic mass is 35.5. The van der Waals surface area contributed by atoms with Crippen LogP contribution in [0.2, 0.25) is 5.02 Å². The van der Waals surface area contributed by atoms with Gasteiger partial charge in [-0.3, -0.25) is 9.69 Å². The van der Waals surface area contributed by atoms with Crippen LogP contribution in [-0.4, -0.2) is 55.8 Å². The quantitative estimate of drug-likeness (QED) is 0.782. The molecule has 0 aromatic heterocycles. The Morgan fingerprint density at radius 3 is 2.38 bits per heavy atom. The predicted octanol–water partition coefficient (Wildman–Crippen LogP) is 3.29. The van der Waals surface area contributed by atoms with Crippen LogP contribution < -0.4 is 5.32 Å². The summed E-state index contributed by atoms with van der Waals surface area (Å²) in [6.45, 7) is 7.37. The second-order valence-electron chi connectivity index (χ2n) is 7.35. The van der Waals surface area contributed by atoms with Gasteiger partial charge in [-0.2, -0.15) is 4.31 Å². The van der Waals surface area contributed by atoms with Crippen LogP contribution in [0.15, 0.2) is 47.4 Å². The van der Waals surface area contributed by atoms with Crippen LogP contribution >= 0.6 is 11.6 Å². The smallest absolute Gasteiger partial charge is 0.244 e. The van der Waals surface area contributed by atoms with Gasteiger partial charge in [0, 0.05) is 31.9 Å². The Kier molecular flexibility index (Phi) is 6.63. The van der Waals surface area contributed by atoms with E-state index in [1.807, 2.05) is 43.9 Å². The molecule has 8 heteroatoms. The summed E-state index contributed by atoms with van der Waals surface area (Å²) >= 11 is 6.08. The van der Waals surface area contributed by atoms with E-state index in [0.717, 1.165) is 16.8 Å². The molecule has 1 aliphatic rings. The number of nitrogens with zero attached hydrogens (tertiary/aromatic N) is 2. The molecule has 0 spiro atoms. The summed E-state index contributed by atoms with van der Waals surface area (Å²) in [7, 11) is -3.65. The lowest BCUT2D eigenvalue weighted by molar-refractivity contribution is -0.121. The first-order valence-corrected chi connectivity index (χ1v) is 11.4. The number of benzene rings is 2. The van der Waals surface area contributed by atoms with Crippen molar-refractivity contribution in [2.24, 2.45) is 0 Å². The molecule has 0 aliphatic carbocycles. The van der Waals surface area contributed by atoms with Gasteiger partial charge in [-0.05, 0) is 50.1 Å². The van der Waals surface area contributed by atoms with Gasteiger partial charge in [-0.15, -0.1) is 0 Å². The summed E-state index contributed by atoms with van der Waals surface area (Å²) in [6.07, 6.45) is 0. The number of anilines is 1. The van der Waals surface area contributed by atoms with E-state index in [1.165, 1.54) is 10.4 Å². The highest BCUT2D eigenvalue weighted by molar-refractivity contribution is 7.89. The summed E-state index contributed by atoms with van der Waals surface area (Å²) in [5.41, 5.74) is 2.89. The minimum absolute atomic E-state index is 0.0962. The number of hydrogen-bond acceptors (Lipinski definition) is 4. The lowest BCUT2D eigenvalue weighted by Crippen LogP contribution is -2.53. The van der Waals surface area contributed by atoms with Crippen LogP contribution in [0.25, 0.3) is 0 Å². The monoisotopic (exact) mass is 435 g/mol. The Morgan fingerprint density at radius 2 is 1.72 bits per heavy atom. The molecular weight excluding hydrogens is 410 g/mol. The molecule has 6 nitrogen and oxygen atoms in total. The topological polar surface area (TPSA) is 69.7 Å². The first-order chi connectivity index (χ1) is 13.7. The van der Waals surface area contributed by atoms with E-state index in [9.17, 15) is 13.2 Å².